The van der Waals surface area contributed by atoms with Crippen molar-refractivity contribution in [3.05, 3.63) is 47.4 Å². The number of hydrogen-bond donors (Lipinski definition) is 2. The Balaban J connectivity index is 0.00000225. The molecule has 1 aromatic heterocycles. The molecule has 1 aromatic carbocycles. The molecular weight excluding hydrogens is 366 g/mol. The lowest BCUT2D eigenvalue weighted by Crippen LogP contribution is -2.29. The molecule has 1 aliphatic rings. The molecule has 0 saturated carbocycles. The van der Waals surface area contributed by atoms with E-state index in [1.165, 1.54) is 6.26 Å². The predicted octanol–water partition coefficient (Wildman–Crippen LogP) is 1.66. The van der Waals surface area contributed by atoms with Crippen LogP contribution in [0.5, 0.6) is 0 Å². The molecule has 0 atom stereocenters. The van der Waals surface area contributed by atoms with Gasteiger partial charge in [-0.2, -0.15) is 0 Å². The molecule has 136 valence electrons. The first-order chi connectivity index (χ1) is 11.5. The van der Waals surface area contributed by atoms with Crippen LogP contribution in [0.3, 0.4) is 0 Å². The molecule has 3 N–H and O–H groups in total. The zero-order valence-corrected chi connectivity index (χ0v) is 15.3. The fourth-order valence-electron chi connectivity index (χ4n) is 2.77. The lowest BCUT2D eigenvalue weighted by atomic mass is 10.2. The summed E-state index contributed by atoms with van der Waals surface area (Å²) in [5.41, 5.74) is 7.47. The zero-order chi connectivity index (χ0) is 17.3. The van der Waals surface area contributed by atoms with Gasteiger partial charge in [-0.05, 0) is 30.2 Å². The van der Waals surface area contributed by atoms with Crippen LogP contribution in [-0.4, -0.2) is 27.4 Å². The Bertz CT molecular complexity index is 879. The maximum absolute atomic E-state index is 12.7. The van der Waals surface area contributed by atoms with Gasteiger partial charge in [0, 0.05) is 18.8 Å². The number of nitrogens with one attached hydrogen (secondary N) is 1. The monoisotopic (exact) mass is 385 g/mol. The molecule has 0 spiro atoms. The van der Waals surface area contributed by atoms with Gasteiger partial charge in [-0.15, -0.1) is 12.4 Å². The van der Waals surface area contributed by atoms with E-state index in [1.54, 1.807) is 36.1 Å². The molecule has 25 heavy (non-hydrogen) atoms. The van der Waals surface area contributed by atoms with Crippen LogP contribution in [-0.2, 0) is 23.0 Å². The number of nitrogens with two attached hydrogens (primary N) is 1. The fourth-order valence-corrected chi connectivity index (χ4v) is 3.83. The first-order valence-electron chi connectivity index (χ1n) is 7.68. The van der Waals surface area contributed by atoms with Crippen molar-refractivity contribution in [3.63, 3.8) is 0 Å². The van der Waals surface area contributed by atoms with E-state index >= 15 is 0 Å². The molecule has 7 nitrogen and oxygen atoms in total. The van der Waals surface area contributed by atoms with E-state index in [0.29, 0.717) is 36.5 Å². The third-order valence-electron chi connectivity index (χ3n) is 3.94. The van der Waals surface area contributed by atoms with Crippen LogP contribution in [0, 0.1) is 0 Å². The second-order valence-corrected chi connectivity index (χ2v) is 7.27. The van der Waals surface area contributed by atoms with Crippen molar-refractivity contribution in [1.29, 1.82) is 0 Å². The molecule has 1 aliphatic heterocycles. The van der Waals surface area contributed by atoms with Gasteiger partial charge in [-0.3, -0.25) is 4.79 Å². The normalized spacial score (nSPS) is 13.4. The molecule has 0 radical (unpaired) electrons. The summed E-state index contributed by atoms with van der Waals surface area (Å²) in [7, 11) is -3.57. The van der Waals surface area contributed by atoms with Gasteiger partial charge >= 0.3 is 0 Å². The molecule has 0 bridgehead atoms. The maximum Gasteiger partial charge on any atom is 0.261 e. The van der Waals surface area contributed by atoms with Gasteiger partial charge in [0.15, 0.2) is 0 Å². The van der Waals surface area contributed by atoms with Crippen LogP contribution < -0.4 is 15.4 Å². The Morgan fingerprint density at radius 2 is 2.12 bits per heavy atom. The molecule has 0 saturated heterocycles. The Labute approximate surface area is 152 Å². The molecule has 2 aromatic rings. The number of sulfonamides is 1. The van der Waals surface area contributed by atoms with Crippen molar-refractivity contribution < 1.29 is 17.6 Å². The minimum atomic E-state index is -3.57. The molecule has 0 fully saturated rings. The summed E-state index contributed by atoms with van der Waals surface area (Å²) in [6.07, 6.45) is 2.06. The lowest BCUT2D eigenvalue weighted by molar-refractivity contribution is 0.0988. The van der Waals surface area contributed by atoms with Gasteiger partial charge in [-0.1, -0.05) is 13.0 Å². The standard InChI is InChI=1S/C16H19N3O4S.ClH/c1-2-18-24(21,22)14-4-3-11-5-6-19(15(11)8-14)16(20)12-7-13(9-17)23-10-12;/h3-4,7-8,10,18H,2,5-6,9,17H2,1H3;1H. The number of nitrogens with zero attached hydrogens (tertiary/aromatic N) is 1. The highest BCUT2D eigenvalue weighted by atomic mass is 35.5. The van der Waals surface area contributed by atoms with E-state index in [-0.39, 0.29) is 29.8 Å². The molecular formula is C16H20ClN3O4S. The SMILES string of the molecule is CCNS(=O)(=O)c1ccc2c(c1)N(C(=O)c1coc(CN)c1)CC2.Cl. The number of halogens is 1. The van der Waals surface area contributed by atoms with Gasteiger partial charge < -0.3 is 15.1 Å². The number of carbonyl (C=O) groups is 1. The van der Waals surface area contributed by atoms with Crippen molar-refractivity contribution in [1.82, 2.24) is 4.72 Å². The van der Waals surface area contributed by atoms with Crippen molar-refractivity contribution in [2.75, 3.05) is 18.0 Å². The quantitative estimate of drug-likeness (QED) is 0.814. The number of furan rings is 1. The highest BCUT2D eigenvalue weighted by Gasteiger charge is 2.28. The number of amides is 1. The second-order valence-electron chi connectivity index (χ2n) is 5.50. The largest absolute Gasteiger partial charge is 0.467 e. The van der Waals surface area contributed by atoms with Crippen molar-refractivity contribution in [2.24, 2.45) is 5.73 Å². The zero-order valence-electron chi connectivity index (χ0n) is 13.7. The minimum absolute atomic E-state index is 0. The highest BCUT2D eigenvalue weighted by molar-refractivity contribution is 7.89. The molecule has 1 amide bonds. The summed E-state index contributed by atoms with van der Waals surface area (Å²) in [6.45, 7) is 2.74. The number of rotatable bonds is 5. The Morgan fingerprint density at radius 1 is 1.36 bits per heavy atom. The lowest BCUT2D eigenvalue weighted by Gasteiger charge is -2.17. The van der Waals surface area contributed by atoms with E-state index in [4.69, 9.17) is 10.2 Å². The topological polar surface area (TPSA) is 106 Å². The van der Waals surface area contributed by atoms with E-state index < -0.39 is 10.0 Å². The molecule has 3 rings (SSSR count). The Hall–Kier alpha value is -1.87. The second kappa shape index (κ2) is 7.57. The van der Waals surface area contributed by atoms with Crippen LogP contribution in [0.2, 0.25) is 0 Å². The van der Waals surface area contributed by atoms with E-state index in [1.807, 2.05) is 0 Å². The third-order valence-corrected chi connectivity index (χ3v) is 5.49. The maximum atomic E-state index is 12.7. The van der Waals surface area contributed by atoms with Crippen molar-refractivity contribution >= 4 is 34.0 Å². The first kappa shape index (κ1) is 19.5. The fraction of sp³-hybridized carbons (Fsp3) is 0.312. The first-order valence-corrected chi connectivity index (χ1v) is 9.16. The molecule has 2 heterocycles. The summed E-state index contributed by atoms with van der Waals surface area (Å²) >= 11 is 0. The van der Waals surface area contributed by atoms with Crippen molar-refractivity contribution in [2.45, 2.75) is 24.8 Å². The molecule has 0 aliphatic carbocycles. The van der Waals surface area contributed by atoms with E-state index in [0.717, 1.165) is 5.56 Å². The Kier molecular flexibility index (Phi) is 5.89. The highest BCUT2D eigenvalue weighted by Crippen LogP contribution is 2.32. The van der Waals surface area contributed by atoms with Gasteiger partial charge in [0.1, 0.15) is 12.0 Å². The average molecular weight is 386 g/mol. The predicted molar refractivity (Wildman–Crippen MR) is 96.5 cm³/mol. The van der Waals surface area contributed by atoms with Gasteiger partial charge in [0.05, 0.1) is 17.0 Å². The van der Waals surface area contributed by atoms with Crippen LogP contribution in [0.1, 0.15) is 28.6 Å². The molecule has 9 heteroatoms. The third kappa shape index (κ3) is 3.72. The van der Waals surface area contributed by atoms with E-state index in [9.17, 15) is 13.2 Å². The molecule has 0 unspecified atom stereocenters. The van der Waals surface area contributed by atoms with Gasteiger partial charge in [0.25, 0.3) is 5.91 Å². The van der Waals surface area contributed by atoms with Crippen LogP contribution in [0.4, 0.5) is 5.69 Å². The van der Waals surface area contributed by atoms with Crippen LogP contribution in [0.15, 0.2) is 39.8 Å². The smallest absolute Gasteiger partial charge is 0.261 e. The van der Waals surface area contributed by atoms with Crippen LogP contribution in [0.25, 0.3) is 0 Å². The van der Waals surface area contributed by atoms with E-state index in [2.05, 4.69) is 4.72 Å². The summed E-state index contributed by atoms with van der Waals surface area (Å²) in [5.74, 6) is 0.302. The average Bonchev–Trinajstić information content (AvgIpc) is 3.20. The summed E-state index contributed by atoms with van der Waals surface area (Å²) in [6, 6.07) is 6.48. The number of fused-ring (bicyclic) bond motifs is 1. The number of carbonyl (C=O) groups excluding carboxylic acids is 1. The summed E-state index contributed by atoms with van der Waals surface area (Å²) < 4.78 is 32.0. The Morgan fingerprint density at radius 3 is 2.76 bits per heavy atom. The number of hydrogen-bond acceptors (Lipinski definition) is 5. The number of benzene rings is 1. The van der Waals surface area contributed by atoms with Crippen LogP contribution >= 0.6 is 12.4 Å². The summed E-state index contributed by atoms with van der Waals surface area (Å²) in [5, 5.41) is 0. The van der Waals surface area contributed by atoms with Crippen molar-refractivity contribution in [3.8, 4) is 0 Å². The van der Waals surface area contributed by atoms with Gasteiger partial charge in [-0.25, -0.2) is 13.1 Å². The minimum Gasteiger partial charge on any atom is -0.467 e. The number of anilines is 1. The summed E-state index contributed by atoms with van der Waals surface area (Å²) in [4.78, 5) is 14.4. The van der Waals surface area contributed by atoms with Gasteiger partial charge in [0.2, 0.25) is 10.0 Å².